The quantitative estimate of drug-likeness (QED) is 0.775. The van der Waals surface area contributed by atoms with Crippen molar-refractivity contribution >= 4 is 27.5 Å². The molecule has 106 valence electrons. The molecule has 0 spiro atoms. The Morgan fingerprint density at radius 1 is 1.55 bits per heavy atom. The number of allylic oxidation sites excluding steroid dienone is 1. The number of benzene rings is 1. The maximum atomic E-state index is 13.3. The first kappa shape index (κ1) is 14.7. The van der Waals surface area contributed by atoms with E-state index in [2.05, 4.69) is 11.6 Å². The van der Waals surface area contributed by atoms with E-state index >= 15 is 0 Å². The molecule has 1 heterocycles. The Balaban J connectivity index is 2.50. The minimum Gasteiger partial charge on any atom is -0.313 e. The molecular weight excluding hydrogens is 275 g/mol. The van der Waals surface area contributed by atoms with Crippen LogP contribution in [-0.4, -0.2) is 10.5 Å². The molecule has 1 amide bonds. The van der Waals surface area contributed by atoms with Gasteiger partial charge in [0.2, 0.25) is 5.91 Å². The van der Waals surface area contributed by atoms with Gasteiger partial charge in [0, 0.05) is 13.0 Å². The average Bonchev–Trinajstić information content (AvgIpc) is 2.74. The lowest BCUT2D eigenvalue weighted by Crippen LogP contribution is -2.16. The zero-order valence-corrected chi connectivity index (χ0v) is 12.3. The number of nitrogens with zero attached hydrogens (tertiary/aromatic N) is 2. The first-order chi connectivity index (χ1) is 9.65. The van der Waals surface area contributed by atoms with Crippen molar-refractivity contribution in [1.29, 1.82) is 0 Å². The third-order valence-electron chi connectivity index (χ3n) is 2.92. The second kappa shape index (κ2) is 6.61. The van der Waals surface area contributed by atoms with Crippen LogP contribution in [0.1, 0.15) is 26.2 Å². The van der Waals surface area contributed by atoms with E-state index in [1.807, 2.05) is 11.5 Å². The van der Waals surface area contributed by atoms with Crippen molar-refractivity contribution < 1.29 is 9.18 Å². The van der Waals surface area contributed by atoms with Gasteiger partial charge >= 0.3 is 0 Å². The van der Waals surface area contributed by atoms with Crippen LogP contribution in [0.2, 0.25) is 0 Å². The number of hydrogen-bond acceptors (Lipinski definition) is 2. The minimum absolute atomic E-state index is 0.128. The predicted molar refractivity (Wildman–Crippen MR) is 80.1 cm³/mol. The Bertz CT molecular complexity index is 699. The van der Waals surface area contributed by atoms with Crippen LogP contribution >= 0.6 is 11.3 Å². The third kappa shape index (κ3) is 3.22. The van der Waals surface area contributed by atoms with Gasteiger partial charge in [-0.2, -0.15) is 4.99 Å². The van der Waals surface area contributed by atoms with E-state index in [0.717, 1.165) is 23.1 Å². The van der Waals surface area contributed by atoms with Gasteiger partial charge in [-0.25, -0.2) is 4.39 Å². The molecule has 3 nitrogen and oxygen atoms in total. The van der Waals surface area contributed by atoms with Crippen molar-refractivity contribution in [2.75, 3.05) is 0 Å². The minimum atomic E-state index is -0.284. The van der Waals surface area contributed by atoms with Gasteiger partial charge in [0.25, 0.3) is 0 Å². The summed E-state index contributed by atoms with van der Waals surface area (Å²) < 4.78 is 15.9. The first-order valence-electron chi connectivity index (χ1n) is 6.63. The summed E-state index contributed by atoms with van der Waals surface area (Å²) >= 11 is 1.33. The van der Waals surface area contributed by atoms with E-state index in [1.54, 1.807) is 12.1 Å². The molecule has 1 aromatic carbocycles. The van der Waals surface area contributed by atoms with E-state index in [-0.39, 0.29) is 11.7 Å². The number of halogens is 1. The van der Waals surface area contributed by atoms with Crippen molar-refractivity contribution in [3.8, 4) is 0 Å². The van der Waals surface area contributed by atoms with Crippen molar-refractivity contribution in [3.05, 3.63) is 41.5 Å². The Morgan fingerprint density at radius 2 is 2.35 bits per heavy atom. The molecule has 2 rings (SSSR count). The second-order valence-electron chi connectivity index (χ2n) is 4.51. The number of thiazole rings is 1. The monoisotopic (exact) mass is 292 g/mol. The average molecular weight is 292 g/mol. The molecule has 0 saturated carbocycles. The molecule has 0 aliphatic rings. The standard InChI is InChI=1S/C15H17FN2OS/c1-3-5-6-14(19)17-15-18(9-4-2)12-8-7-11(16)10-13(12)20-15/h4,7-8,10H,2-3,5-6,9H2,1H3. The van der Waals surface area contributed by atoms with Gasteiger partial charge in [0.05, 0.1) is 10.2 Å². The molecule has 5 heteroatoms. The Labute approximate surface area is 121 Å². The van der Waals surface area contributed by atoms with Gasteiger partial charge in [-0.05, 0) is 24.6 Å². The van der Waals surface area contributed by atoms with E-state index in [0.29, 0.717) is 17.8 Å². The van der Waals surface area contributed by atoms with Crippen molar-refractivity contribution in [2.24, 2.45) is 4.99 Å². The second-order valence-corrected chi connectivity index (χ2v) is 5.51. The molecule has 1 aromatic heterocycles. The summed E-state index contributed by atoms with van der Waals surface area (Å²) in [6.07, 6.45) is 3.99. The Kier molecular flexibility index (Phi) is 4.84. The molecule has 0 bridgehead atoms. The van der Waals surface area contributed by atoms with Gasteiger partial charge in [-0.1, -0.05) is 30.8 Å². The molecule has 0 unspecified atom stereocenters. The highest BCUT2D eigenvalue weighted by atomic mass is 32.1. The number of rotatable bonds is 5. The van der Waals surface area contributed by atoms with E-state index in [9.17, 15) is 9.18 Å². The van der Waals surface area contributed by atoms with Gasteiger partial charge in [-0.3, -0.25) is 4.79 Å². The SMILES string of the molecule is C=CCn1c(=NC(=O)CCCC)sc2cc(F)ccc21. The van der Waals surface area contributed by atoms with Crippen molar-refractivity contribution in [3.63, 3.8) is 0 Å². The Hall–Kier alpha value is -1.75. The molecule has 0 N–H and O–H groups in total. The highest BCUT2D eigenvalue weighted by Crippen LogP contribution is 2.18. The lowest BCUT2D eigenvalue weighted by atomic mass is 10.2. The van der Waals surface area contributed by atoms with Gasteiger partial charge in [-0.15, -0.1) is 6.58 Å². The number of carbonyl (C=O) groups is 1. The molecule has 0 aliphatic heterocycles. The Morgan fingerprint density at radius 3 is 3.05 bits per heavy atom. The molecule has 0 fully saturated rings. The number of hydrogen-bond donors (Lipinski definition) is 0. The van der Waals surface area contributed by atoms with Crippen molar-refractivity contribution in [2.45, 2.75) is 32.7 Å². The molecule has 0 aliphatic carbocycles. The molecule has 0 radical (unpaired) electrons. The number of fused-ring (bicyclic) bond motifs is 1. The van der Waals surface area contributed by atoms with Gasteiger partial charge in [0.15, 0.2) is 4.80 Å². The van der Waals surface area contributed by atoms with E-state index < -0.39 is 0 Å². The van der Waals surface area contributed by atoms with Gasteiger partial charge in [0.1, 0.15) is 5.82 Å². The van der Waals surface area contributed by atoms with E-state index in [4.69, 9.17) is 0 Å². The number of unbranched alkanes of at least 4 members (excludes halogenated alkanes) is 1. The zero-order chi connectivity index (χ0) is 14.5. The summed E-state index contributed by atoms with van der Waals surface area (Å²) in [5.41, 5.74) is 0.873. The fourth-order valence-corrected chi connectivity index (χ4v) is 3.01. The van der Waals surface area contributed by atoms with Gasteiger partial charge < -0.3 is 4.57 Å². The molecule has 2 aromatic rings. The normalized spacial score (nSPS) is 12.0. The van der Waals surface area contributed by atoms with Crippen LogP contribution in [0.3, 0.4) is 0 Å². The summed E-state index contributed by atoms with van der Waals surface area (Å²) in [4.78, 5) is 16.6. The van der Waals surface area contributed by atoms with Crippen LogP contribution in [0, 0.1) is 5.82 Å². The highest BCUT2D eigenvalue weighted by Gasteiger charge is 2.07. The van der Waals surface area contributed by atoms with Crippen molar-refractivity contribution in [1.82, 2.24) is 4.57 Å². The first-order valence-corrected chi connectivity index (χ1v) is 7.44. The summed E-state index contributed by atoms with van der Waals surface area (Å²) in [6, 6.07) is 4.59. The topological polar surface area (TPSA) is 34.4 Å². The number of carbonyl (C=O) groups excluding carboxylic acids is 1. The summed E-state index contributed by atoms with van der Waals surface area (Å²) in [5, 5.41) is 0. The molecular formula is C15H17FN2OS. The highest BCUT2D eigenvalue weighted by molar-refractivity contribution is 7.16. The smallest absolute Gasteiger partial charge is 0.248 e. The number of aromatic nitrogens is 1. The zero-order valence-electron chi connectivity index (χ0n) is 11.4. The number of amides is 1. The summed E-state index contributed by atoms with van der Waals surface area (Å²) in [6.45, 7) is 6.30. The fourth-order valence-electron chi connectivity index (χ4n) is 1.93. The predicted octanol–water partition coefficient (Wildman–Crippen LogP) is 3.65. The largest absolute Gasteiger partial charge is 0.313 e. The molecule has 0 atom stereocenters. The van der Waals surface area contributed by atoms with Crippen LogP contribution in [-0.2, 0) is 11.3 Å². The van der Waals surface area contributed by atoms with E-state index in [1.165, 1.54) is 23.5 Å². The molecule has 0 saturated heterocycles. The maximum Gasteiger partial charge on any atom is 0.248 e. The van der Waals surface area contributed by atoms with Crippen LogP contribution in [0.4, 0.5) is 4.39 Å². The van der Waals surface area contributed by atoms with Crippen LogP contribution < -0.4 is 4.80 Å². The summed E-state index contributed by atoms with van der Waals surface area (Å²) in [7, 11) is 0. The lowest BCUT2D eigenvalue weighted by Gasteiger charge is -2.00. The summed E-state index contributed by atoms with van der Waals surface area (Å²) in [5.74, 6) is -0.412. The van der Waals surface area contributed by atoms with Crippen LogP contribution in [0.5, 0.6) is 0 Å². The molecule has 20 heavy (non-hydrogen) atoms. The fraction of sp³-hybridized carbons (Fsp3) is 0.333. The lowest BCUT2D eigenvalue weighted by molar-refractivity contribution is -0.118. The van der Waals surface area contributed by atoms with Crippen LogP contribution in [0.15, 0.2) is 35.8 Å². The maximum absolute atomic E-state index is 13.3. The van der Waals surface area contributed by atoms with Crippen LogP contribution in [0.25, 0.3) is 10.2 Å². The third-order valence-corrected chi connectivity index (χ3v) is 3.96.